The number of Topliss-reactive ketones (excluding diaryl/α,β-unsaturated/α-hetero) is 1. The Morgan fingerprint density at radius 3 is 2.50 bits per heavy atom. The molecule has 0 bridgehead atoms. The topological polar surface area (TPSA) is 17.1 Å². The first-order chi connectivity index (χ1) is 6.81. The van der Waals surface area contributed by atoms with Gasteiger partial charge >= 0.3 is 0 Å². The lowest BCUT2D eigenvalue weighted by molar-refractivity contribution is 0.105. The van der Waals surface area contributed by atoms with Crippen molar-refractivity contribution in [2.45, 2.75) is 0 Å². The van der Waals surface area contributed by atoms with Crippen molar-refractivity contribution in [2.24, 2.45) is 0 Å². The maximum Gasteiger partial charge on any atom is 0.235 e. The van der Waals surface area contributed by atoms with Gasteiger partial charge in [0.15, 0.2) is 0 Å². The molecule has 0 radical (unpaired) electrons. The highest BCUT2D eigenvalue weighted by Gasteiger charge is 2.01. The van der Waals surface area contributed by atoms with Crippen molar-refractivity contribution < 1.29 is 4.79 Å². The molecule has 0 amide bonds. The molecule has 1 nitrogen and oxygen atoms in total. The Hall–Kier alpha value is -2.07. The predicted octanol–water partition coefficient (Wildman–Crippen LogP) is 2.66. The Kier molecular flexibility index (Phi) is 2.04. The first kappa shape index (κ1) is 8.52. The fourth-order valence-corrected chi connectivity index (χ4v) is 1.41. The maximum absolute atomic E-state index is 11.2. The molecule has 66 valence electrons. The number of terminal acetylenes is 1. The number of fused-ring (bicyclic) bond motifs is 1. The molecule has 0 N–H and O–H groups in total. The van der Waals surface area contributed by atoms with E-state index >= 15 is 0 Å². The van der Waals surface area contributed by atoms with E-state index in [0.29, 0.717) is 5.56 Å². The number of benzene rings is 2. The molecule has 2 aromatic rings. The summed E-state index contributed by atoms with van der Waals surface area (Å²) in [4.78, 5) is 11.2. The third kappa shape index (κ3) is 1.38. The maximum atomic E-state index is 11.2. The number of carbonyl (C=O) groups excluding carboxylic acids is 1. The number of hydrogen-bond acceptors (Lipinski definition) is 1. The van der Waals surface area contributed by atoms with Crippen molar-refractivity contribution >= 4 is 16.6 Å². The first-order valence-corrected chi connectivity index (χ1v) is 4.31. The molecular formula is C13H8O. The van der Waals surface area contributed by atoms with Gasteiger partial charge in [-0.3, -0.25) is 4.79 Å². The highest BCUT2D eigenvalue weighted by Crippen LogP contribution is 2.15. The molecule has 1 heteroatoms. The van der Waals surface area contributed by atoms with E-state index in [9.17, 15) is 4.79 Å². The zero-order valence-corrected chi connectivity index (χ0v) is 7.53. The zero-order valence-electron chi connectivity index (χ0n) is 7.53. The van der Waals surface area contributed by atoms with Crippen LogP contribution in [0.15, 0.2) is 42.5 Å². The van der Waals surface area contributed by atoms with Gasteiger partial charge in [-0.05, 0) is 28.8 Å². The molecule has 0 aliphatic carbocycles. The van der Waals surface area contributed by atoms with Gasteiger partial charge in [-0.15, -0.1) is 6.42 Å². The molecule has 0 saturated carbocycles. The Balaban J connectivity index is 2.64. The average molecular weight is 180 g/mol. The molecule has 0 saturated heterocycles. The van der Waals surface area contributed by atoms with E-state index in [4.69, 9.17) is 6.42 Å². The average Bonchev–Trinajstić information content (AvgIpc) is 2.27. The Morgan fingerprint density at radius 1 is 1.07 bits per heavy atom. The van der Waals surface area contributed by atoms with Crippen molar-refractivity contribution in [3.05, 3.63) is 48.0 Å². The number of carbonyl (C=O) groups is 1. The minimum absolute atomic E-state index is 0.268. The Labute approximate surface area is 82.4 Å². The molecule has 2 aromatic carbocycles. The van der Waals surface area contributed by atoms with Gasteiger partial charge in [-0.2, -0.15) is 0 Å². The number of rotatable bonds is 1. The lowest BCUT2D eigenvalue weighted by Gasteiger charge is -1.98. The largest absolute Gasteiger partial charge is 0.279 e. The zero-order chi connectivity index (χ0) is 9.97. The molecular weight excluding hydrogens is 172 g/mol. The second-order valence-corrected chi connectivity index (χ2v) is 3.04. The molecule has 0 fully saturated rings. The summed E-state index contributed by atoms with van der Waals surface area (Å²) in [5.41, 5.74) is 0.575. The molecule has 0 heterocycles. The molecule has 0 unspecified atom stereocenters. The molecule has 0 aromatic heterocycles. The fraction of sp³-hybridized carbons (Fsp3) is 0. The van der Waals surface area contributed by atoms with Crippen molar-refractivity contribution in [1.29, 1.82) is 0 Å². The van der Waals surface area contributed by atoms with Crippen LogP contribution in [0.2, 0.25) is 0 Å². The van der Waals surface area contributed by atoms with Crippen LogP contribution in [0.25, 0.3) is 10.8 Å². The first-order valence-electron chi connectivity index (χ1n) is 4.31. The lowest BCUT2D eigenvalue weighted by Crippen LogP contribution is -1.93. The van der Waals surface area contributed by atoms with Gasteiger partial charge in [0, 0.05) is 5.56 Å². The van der Waals surface area contributed by atoms with Gasteiger partial charge in [0.05, 0.1) is 0 Å². The number of ketones is 1. The third-order valence-electron chi connectivity index (χ3n) is 2.14. The molecule has 0 aliphatic heterocycles. The van der Waals surface area contributed by atoms with E-state index < -0.39 is 0 Å². The van der Waals surface area contributed by atoms with Crippen molar-refractivity contribution in [3.63, 3.8) is 0 Å². The molecule has 0 spiro atoms. The summed E-state index contributed by atoms with van der Waals surface area (Å²) in [5, 5.41) is 2.15. The minimum Gasteiger partial charge on any atom is -0.279 e. The molecule has 0 aliphatic rings. The van der Waals surface area contributed by atoms with Crippen LogP contribution in [0, 0.1) is 12.3 Å². The van der Waals surface area contributed by atoms with Crippen LogP contribution in [0.5, 0.6) is 0 Å². The minimum atomic E-state index is -0.268. The molecule has 14 heavy (non-hydrogen) atoms. The third-order valence-corrected chi connectivity index (χ3v) is 2.14. The fourth-order valence-electron chi connectivity index (χ4n) is 1.41. The lowest BCUT2D eigenvalue weighted by atomic mass is 10.0. The smallest absolute Gasteiger partial charge is 0.235 e. The highest BCUT2D eigenvalue weighted by atomic mass is 16.1. The highest BCUT2D eigenvalue weighted by molar-refractivity contribution is 6.10. The van der Waals surface area contributed by atoms with Crippen LogP contribution in [0.3, 0.4) is 0 Å². The van der Waals surface area contributed by atoms with Gasteiger partial charge in [0.25, 0.3) is 0 Å². The SMILES string of the molecule is C#CC(=O)c1ccc2ccccc2c1. The van der Waals surface area contributed by atoms with Crippen molar-refractivity contribution in [1.82, 2.24) is 0 Å². The molecule has 2 rings (SSSR count). The van der Waals surface area contributed by atoms with Gasteiger partial charge in [-0.1, -0.05) is 30.3 Å². The number of hydrogen-bond donors (Lipinski definition) is 0. The van der Waals surface area contributed by atoms with Crippen LogP contribution in [0.1, 0.15) is 10.4 Å². The quantitative estimate of drug-likeness (QED) is 0.374. The van der Waals surface area contributed by atoms with Gasteiger partial charge < -0.3 is 0 Å². The normalized spacial score (nSPS) is 9.64. The van der Waals surface area contributed by atoms with Crippen LogP contribution < -0.4 is 0 Å². The summed E-state index contributed by atoms with van der Waals surface area (Å²) in [7, 11) is 0. The van der Waals surface area contributed by atoms with Gasteiger partial charge in [0.1, 0.15) is 0 Å². The van der Waals surface area contributed by atoms with Crippen molar-refractivity contribution in [3.8, 4) is 12.3 Å². The van der Waals surface area contributed by atoms with E-state index in [-0.39, 0.29) is 5.78 Å². The van der Waals surface area contributed by atoms with E-state index in [2.05, 4.69) is 5.92 Å². The second-order valence-electron chi connectivity index (χ2n) is 3.04. The summed E-state index contributed by atoms with van der Waals surface area (Å²) in [6.07, 6.45) is 5.05. The molecule has 0 atom stereocenters. The standard InChI is InChI=1S/C13H8O/c1-2-13(14)12-8-7-10-5-3-4-6-11(10)9-12/h1,3-9H. The summed E-state index contributed by atoms with van der Waals surface area (Å²) < 4.78 is 0. The van der Waals surface area contributed by atoms with E-state index in [1.54, 1.807) is 6.07 Å². The van der Waals surface area contributed by atoms with E-state index in [1.807, 2.05) is 36.4 Å². The van der Waals surface area contributed by atoms with Crippen LogP contribution >= 0.6 is 0 Å². The van der Waals surface area contributed by atoms with E-state index in [0.717, 1.165) is 10.8 Å². The summed E-state index contributed by atoms with van der Waals surface area (Å²) >= 11 is 0. The monoisotopic (exact) mass is 180 g/mol. The van der Waals surface area contributed by atoms with Crippen LogP contribution in [-0.2, 0) is 0 Å². The van der Waals surface area contributed by atoms with Gasteiger partial charge in [0.2, 0.25) is 5.78 Å². The Morgan fingerprint density at radius 2 is 1.79 bits per heavy atom. The predicted molar refractivity (Wildman–Crippen MR) is 57.1 cm³/mol. The van der Waals surface area contributed by atoms with Crippen LogP contribution in [-0.4, -0.2) is 5.78 Å². The summed E-state index contributed by atoms with van der Waals surface area (Å²) in [5.74, 6) is 1.84. The van der Waals surface area contributed by atoms with Gasteiger partial charge in [-0.25, -0.2) is 0 Å². The van der Waals surface area contributed by atoms with Crippen LogP contribution in [0.4, 0.5) is 0 Å². The second kappa shape index (κ2) is 3.35. The van der Waals surface area contributed by atoms with E-state index in [1.165, 1.54) is 0 Å². The van der Waals surface area contributed by atoms with Crippen molar-refractivity contribution in [2.75, 3.05) is 0 Å². The summed E-state index contributed by atoms with van der Waals surface area (Å²) in [6.45, 7) is 0. The Bertz CT molecular complexity index is 532. The summed E-state index contributed by atoms with van der Waals surface area (Å²) in [6, 6.07) is 13.3.